The van der Waals surface area contributed by atoms with Crippen LogP contribution in [0.1, 0.15) is 6.92 Å². The van der Waals surface area contributed by atoms with Crippen LogP contribution >= 0.6 is 11.6 Å². The van der Waals surface area contributed by atoms with Crippen LogP contribution in [0.5, 0.6) is 0 Å². The third-order valence-corrected chi connectivity index (χ3v) is 3.08. The molecule has 1 N–H and O–H groups in total. The molecule has 0 spiro atoms. The Labute approximate surface area is 99.0 Å². The Bertz CT molecular complexity index is 425. The number of hydrogen-bond donors (Lipinski definition) is 1. The minimum absolute atomic E-state index is 0.208. The number of nitrogens with zero attached hydrogens (tertiary/aromatic N) is 3. The van der Waals surface area contributed by atoms with Crippen LogP contribution < -0.4 is 15.8 Å². The van der Waals surface area contributed by atoms with Gasteiger partial charge in [0, 0.05) is 32.7 Å². The third kappa shape index (κ3) is 2.05. The molecule has 1 aliphatic rings. The van der Waals surface area contributed by atoms with E-state index in [1.807, 2.05) is 6.92 Å². The molecule has 16 heavy (non-hydrogen) atoms. The van der Waals surface area contributed by atoms with Crippen LogP contribution in [-0.4, -0.2) is 36.0 Å². The average molecular weight is 243 g/mol. The molecule has 0 radical (unpaired) electrons. The molecule has 0 atom stereocenters. The molecule has 1 aromatic heterocycles. The van der Waals surface area contributed by atoms with E-state index in [1.165, 1.54) is 4.68 Å². The molecule has 2 heterocycles. The van der Waals surface area contributed by atoms with Crippen molar-refractivity contribution in [1.82, 2.24) is 15.1 Å². The van der Waals surface area contributed by atoms with Crippen molar-refractivity contribution in [3.63, 3.8) is 0 Å². The zero-order valence-corrected chi connectivity index (χ0v) is 10.00. The Morgan fingerprint density at radius 2 is 2.19 bits per heavy atom. The molecular formula is C10H15ClN4O. The largest absolute Gasteiger partial charge is 0.366 e. The number of aryl methyl sites for hydroxylation is 1. The van der Waals surface area contributed by atoms with Gasteiger partial charge in [-0.2, -0.15) is 5.10 Å². The van der Waals surface area contributed by atoms with Crippen molar-refractivity contribution < 1.29 is 0 Å². The summed E-state index contributed by atoms with van der Waals surface area (Å²) in [5.74, 6) is 0. The Morgan fingerprint density at radius 1 is 1.50 bits per heavy atom. The third-order valence-electron chi connectivity index (χ3n) is 2.72. The van der Waals surface area contributed by atoms with Gasteiger partial charge in [0.1, 0.15) is 5.02 Å². The van der Waals surface area contributed by atoms with Crippen LogP contribution in [-0.2, 0) is 6.54 Å². The molecule has 1 aromatic rings. The highest BCUT2D eigenvalue weighted by molar-refractivity contribution is 6.33. The Hall–Kier alpha value is -1.07. The van der Waals surface area contributed by atoms with Crippen molar-refractivity contribution in [2.75, 3.05) is 31.1 Å². The predicted octanol–water partition coefficient (Wildman–Crippen LogP) is 0.326. The molecule has 0 saturated carbocycles. The highest BCUT2D eigenvalue weighted by Gasteiger charge is 2.16. The van der Waals surface area contributed by atoms with Crippen LogP contribution in [0.3, 0.4) is 0 Å². The van der Waals surface area contributed by atoms with Gasteiger partial charge in [0.25, 0.3) is 5.56 Å². The van der Waals surface area contributed by atoms with Gasteiger partial charge >= 0.3 is 0 Å². The molecule has 88 valence electrons. The van der Waals surface area contributed by atoms with Gasteiger partial charge in [-0.1, -0.05) is 11.6 Å². The summed E-state index contributed by atoms with van der Waals surface area (Å²) in [6.07, 6.45) is 1.68. The molecule has 2 rings (SSSR count). The Kier molecular flexibility index (Phi) is 3.46. The monoisotopic (exact) mass is 242 g/mol. The lowest BCUT2D eigenvalue weighted by atomic mass is 10.3. The fourth-order valence-electron chi connectivity index (χ4n) is 1.81. The maximum Gasteiger partial charge on any atom is 0.287 e. The van der Waals surface area contributed by atoms with Crippen LogP contribution in [0.4, 0.5) is 5.69 Å². The van der Waals surface area contributed by atoms with Gasteiger partial charge in [-0.25, -0.2) is 4.68 Å². The lowest BCUT2D eigenvalue weighted by Gasteiger charge is -2.29. The van der Waals surface area contributed by atoms with E-state index >= 15 is 0 Å². The van der Waals surface area contributed by atoms with E-state index < -0.39 is 0 Å². The van der Waals surface area contributed by atoms with Crippen LogP contribution in [0.2, 0.25) is 5.02 Å². The van der Waals surface area contributed by atoms with Gasteiger partial charge in [-0.3, -0.25) is 4.79 Å². The van der Waals surface area contributed by atoms with Gasteiger partial charge in [0.2, 0.25) is 0 Å². The van der Waals surface area contributed by atoms with Gasteiger partial charge in [-0.05, 0) is 6.92 Å². The lowest BCUT2D eigenvalue weighted by molar-refractivity contribution is 0.579. The van der Waals surface area contributed by atoms with Gasteiger partial charge < -0.3 is 10.2 Å². The molecule has 0 amide bonds. The second-order valence-electron chi connectivity index (χ2n) is 3.70. The standard InChI is InChI=1S/C10H15ClN4O/c1-2-15-10(16)9(11)8(7-13-15)14-5-3-12-4-6-14/h7,12H,2-6H2,1H3. The second kappa shape index (κ2) is 4.84. The van der Waals surface area contributed by atoms with E-state index in [0.29, 0.717) is 6.54 Å². The molecule has 1 fully saturated rings. The molecule has 0 bridgehead atoms. The topological polar surface area (TPSA) is 50.2 Å². The maximum atomic E-state index is 11.8. The SMILES string of the molecule is CCn1ncc(N2CCNCC2)c(Cl)c1=O. The molecule has 5 nitrogen and oxygen atoms in total. The first-order valence-electron chi connectivity index (χ1n) is 5.45. The fourth-order valence-corrected chi connectivity index (χ4v) is 2.07. The van der Waals surface area contributed by atoms with E-state index in [2.05, 4.69) is 15.3 Å². The number of rotatable bonds is 2. The zero-order valence-electron chi connectivity index (χ0n) is 9.24. The van der Waals surface area contributed by atoms with E-state index in [1.54, 1.807) is 6.20 Å². The summed E-state index contributed by atoms with van der Waals surface area (Å²) >= 11 is 6.08. The number of aromatic nitrogens is 2. The Balaban J connectivity index is 2.34. The van der Waals surface area contributed by atoms with Gasteiger partial charge in [0.15, 0.2) is 0 Å². The lowest BCUT2D eigenvalue weighted by Crippen LogP contribution is -2.44. The summed E-state index contributed by atoms with van der Waals surface area (Å²) < 4.78 is 1.37. The summed E-state index contributed by atoms with van der Waals surface area (Å²) in [5.41, 5.74) is 0.540. The zero-order chi connectivity index (χ0) is 11.5. The number of halogens is 1. The normalized spacial score (nSPS) is 16.5. The summed E-state index contributed by atoms with van der Waals surface area (Å²) in [4.78, 5) is 13.9. The second-order valence-corrected chi connectivity index (χ2v) is 4.08. The van der Waals surface area contributed by atoms with Crippen molar-refractivity contribution in [2.24, 2.45) is 0 Å². The first kappa shape index (κ1) is 11.4. The molecule has 1 aliphatic heterocycles. The van der Waals surface area contributed by atoms with Crippen molar-refractivity contribution in [1.29, 1.82) is 0 Å². The van der Waals surface area contributed by atoms with Crippen molar-refractivity contribution in [3.05, 3.63) is 21.6 Å². The van der Waals surface area contributed by atoms with Gasteiger partial charge in [0.05, 0.1) is 11.9 Å². The highest BCUT2D eigenvalue weighted by Crippen LogP contribution is 2.20. The number of hydrogen-bond acceptors (Lipinski definition) is 4. The average Bonchev–Trinajstić information content (AvgIpc) is 2.34. The van der Waals surface area contributed by atoms with E-state index in [-0.39, 0.29) is 10.6 Å². The number of nitrogens with one attached hydrogen (secondary N) is 1. The number of piperazine rings is 1. The first-order valence-corrected chi connectivity index (χ1v) is 5.83. The van der Waals surface area contributed by atoms with E-state index in [0.717, 1.165) is 31.9 Å². The molecular weight excluding hydrogens is 228 g/mol. The smallest absolute Gasteiger partial charge is 0.287 e. The maximum absolute atomic E-state index is 11.8. The summed E-state index contributed by atoms with van der Waals surface area (Å²) in [6.45, 7) is 5.95. The minimum atomic E-state index is -0.208. The molecule has 0 unspecified atom stereocenters. The molecule has 0 aromatic carbocycles. The highest BCUT2D eigenvalue weighted by atomic mass is 35.5. The first-order chi connectivity index (χ1) is 7.74. The predicted molar refractivity (Wildman–Crippen MR) is 64.3 cm³/mol. The molecule has 0 aliphatic carbocycles. The summed E-state index contributed by atoms with van der Waals surface area (Å²) in [7, 11) is 0. The van der Waals surface area contributed by atoms with E-state index in [4.69, 9.17) is 11.6 Å². The van der Waals surface area contributed by atoms with E-state index in [9.17, 15) is 4.79 Å². The Morgan fingerprint density at radius 3 is 2.81 bits per heavy atom. The van der Waals surface area contributed by atoms with Crippen LogP contribution in [0, 0.1) is 0 Å². The molecule has 1 saturated heterocycles. The van der Waals surface area contributed by atoms with Crippen molar-refractivity contribution in [2.45, 2.75) is 13.5 Å². The summed E-state index contributed by atoms with van der Waals surface area (Å²) in [6, 6.07) is 0. The fraction of sp³-hybridized carbons (Fsp3) is 0.600. The number of anilines is 1. The van der Waals surface area contributed by atoms with Crippen molar-refractivity contribution in [3.8, 4) is 0 Å². The van der Waals surface area contributed by atoms with Crippen molar-refractivity contribution >= 4 is 17.3 Å². The molecule has 6 heteroatoms. The quantitative estimate of drug-likeness (QED) is 0.812. The summed E-state index contributed by atoms with van der Waals surface area (Å²) in [5, 5.41) is 7.62. The van der Waals surface area contributed by atoms with Crippen LogP contribution in [0.15, 0.2) is 11.0 Å². The minimum Gasteiger partial charge on any atom is -0.366 e. The van der Waals surface area contributed by atoms with Gasteiger partial charge in [-0.15, -0.1) is 0 Å². The van der Waals surface area contributed by atoms with Crippen LogP contribution in [0.25, 0.3) is 0 Å².